The van der Waals surface area contributed by atoms with Crippen molar-refractivity contribution in [3.8, 4) is 0 Å². The molecular weight excluding hydrogens is 342 g/mol. The first-order valence-electron chi connectivity index (χ1n) is 10.3. The lowest BCUT2D eigenvalue weighted by Gasteiger charge is -2.35. The molecule has 27 heavy (non-hydrogen) atoms. The summed E-state index contributed by atoms with van der Waals surface area (Å²) in [6, 6.07) is 12.1. The molecule has 1 N–H and O–H groups in total. The van der Waals surface area contributed by atoms with Crippen LogP contribution in [0.1, 0.15) is 37.9 Å². The maximum atomic E-state index is 11.8. The smallest absolute Gasteiger partial charge is 0.409 e. The van der Waals surface area contributed by atoms with E-state index < -0.39 is 0 Å². The van der Waals surface area contributed by atoms with Crippen LogP contribution in [-0.4, -0.2) is 73.4 Å². The fourth-order valence-corrected chi connectivity index (χ4v) is 4.64. The lowest BCUT2D eigenvalue weighted by Crippen LogP contribution is -2.48. The maximum absolute atomic E-state index is 11.8. The highest BCUT2D eigenvalue weighted by Crippen LogP contribution is 2.30. The molecule has 3 atom stereocenters. The normalized spacial score (nSPS) is 29.5. The van der Waals surface area contributed by atoms with Gasteiger partial charge in [0.1, 0.15) is 0 Å². The Balaban J connectivity index is 1.24. The standard InChI is InChI=1S/C21H31N3O3/c1-2-26-21(25)23-10-8-17(9-11-23)22-18-12-19-15-27-20(14-24(19)13-18)16-6-4-3-5-7-16/h3-7,17-20,22H,2,8-15H2,1H3/t18-,19-,20+/m0/s1. The molecule has 0 bridgehead atoms. The second kappa shape index (κ2) is 8.59. The molecule has 0 aromatic heterocycles. The van der Waals surface area contributed by atoms with E-state index in [2.05, 4.69) is 40.5 Å². The molecule has 0 radical (unpaired) electrons. The maximum Gasteiger partial charge on any atom is 0.409 e. The molecule has 6 heteroatoms. The second-order valence-corrected chi connectivity index (χ2v) is 7.90. The first-order chi connectivity index (χ1) is 13.2. The average Bonchev–Trinajstić information content (AvgIpc) is 3.11. The zero-order valence-corrected chi connectivity index (χ0v) is 16.2. The quantitative estimate of drug-likeness (QED) is 0.878. The van der Waals surface area contributed by atoms with Crippen LogP contribution in [-0.2, 0) is 9.47 Å². The molecule has 1 aromatic rings. The summed E-state index contributed by atoms with van der Waals surface area (Å²) in [7, 11) is 0. The molecule has 6 nitrogen and oxygen atoms in total. The van der Waals surface area contributed by atoms with E-state index in [0.717, 1.165) is 52.0 Å². The number of fused-ring (bicyclic) bond motifs is 1. The number of hydrogen-bond acceptors (Lipinski definition) is 5. The van der Waals surface area contributed by atoms with Crippen molar-refractivity contribution in [1.29, 1.82) is 0 Å². The number of carbonyl (C=O) groups excluding carboxylic acids is 1. The summed E-state index contributed by atoms with van der Waals surface area (Å²) in [6.07, 6.45) is 3.18. The number of hydrogen-bond donors (Lipinski definition) is 1. The second-order valence-electron chi connectivity index (χ2n) is 7.90. The van der Waals surface area contributed by atoms with E-state index in [1.54, 1.807) is 0 Å². The molecule has 3 saturated heterocycles. The Morgan fingerprint density at radius 2 is 1.96 bits per heavy atom. The van der Waals surface area contributed by atoms with Gasteiger partial charge in [0.2, 0.25) is 0 Å². The van der Waals surface area contributed by atoms with Gasteiger partial charge in [-0.3, -0.25) is 4.90 Å². The number of ether oxygens (including phenoxy) is 2. The topological polar surface area (TPSA) is 54.0 Å². The van der Waals surface area contributed by atoms with Crippen molar-refractivity contribution in [3.63, 3.8) is 0 Å². The third kappa shape index (κ3) is 4.45. The molecule has 0 spiro atoms. The monoisotopic (exact) mass is 373 g/mol. The van der Waals surface area contributed by atoms with Crippen molar-refractivity contribution >= 4 is 6.09 Å². The zero-order chi connectivity index (χ0) is 18.6. The average molecular weight is 373 g/mol. The number of likely N-dealkylation sites (tertiary alicyclic amines) is 1. The molecule has 0 unspecified atom stereocenters. The van der Waals surface area contributed by atoms with Gasteiger partial charge in [-0.1, -0.05) is 30.3 Å². The van der Waals surface area contributed by atoms with Crippen LogP contribution >= 0.6 is 0 Å². The molecule has 4 rings (SSSR count). The minimum Gasteiger partial charge on any atom is -0.450 e. The lowest BCUT2D eigenvalue weighted by molar-refractivity contribution is -0.0502. The van der Waals surface area contributed by atoms with E-state index in [0.29, 0.717) is 24.7 Å². The molecule has 0 aliphatic carbocycles. The highest BCUT2D eigenvalue weighted by molar-refractivity contribution is 5.67. The first kappa shape index (κ1) is 18.7. The molecule has 3 aliphatic heterocycles. The number of carbonyl (C=O) groups is 1. The molecule has 3 aliphatic rings. The molecule has 1 amide bonds. The molecule has 3 heterocycles. The van der Waals surface area contributed by atoms with Crippen LogP contribution < -0.4 is 5.32 Å². The number of morpholine rings is 1. The van der Waals surface area contributed by atoms with E-state index in [-0.39, 0.29) is 12.2 Å². The Morgan fingerprint density at radius 1 is 1.19 bits per heavy atom. The zero-order valence-electron chi connectivity index (χ0n) is 16.2. The van der Waals surface area contributed by atoms with Crippen LogP contribution in [0.25, 0.3) is 0 Å². The molecule has 3 fully saturated rings. The number of nitrogens with zero attached hydrogens (tertiary/aromatic N) is 2. The largest absolute Gasteiger partial charge is 0.450 e. The van der Waals surface area contributed by atoms with Crippen LogP contribution in [0.2, 0.25) is 0 Å². The Labute approximate surface area is 161 Å². The van der Waals surface area contributed by atoms with E-state index in [4.69, 9.17) is 9.47 Å². The number of benzene rings is 1. The Bertz CT molecular complexity index is 618. The fourth-order valence-electron chi connectivity index (χ4n) is 4.64. The Morgan fingerprint density at radius 3 is 2.70 bits per heavy atom. The number of rotatable bonds is 4. The van der Waals surface area contributed by atoms with Gasteiger partial charge in [-0.15, -0.1) is 0 Å². The summed E-state index contributed by atoms with van der Waals surface area (Å²) in [6.45, 7) is 6.77. The van der Waals surface area contributed by atoms with E-state index in [1.807, 2.05) is 11.8 Å². The Hall–Kier alpha value is -1.63. The van der Waals surface area contributed by atoms with Crippen LogP contribution in [0.3, 0.4) is 0 Å². The fraction of sp³-hybridized carbons (Fsp3) is 0.667. The van der Waals surface area contributed by atoms with Gasteiger partial charge in [0.25, 0.3) is 0 Å². The van der Waals surface area contributed by atoms with Gasteiger partial charge in [-0.2, -0.15) is 0 Å². The molecule has 148 valence electrons. The summed E-state index contributed by atoms with van der Waals surface area (Å²) >= 11 is 0. The predicted molar refractivity (Wildman–Crippen MR) is 104 cm³/mol. The van der Waals surface area contributed by atoms with Gasteiger partial charge in [0.15, 0.2) is 0 Å². The van der Waals surface area contributed by atoms with Crippen molar-refractivity contribution in [3.05, 3.63) is 35.9 Å². The van der Waals surface area contributed by atoms with Gasteiger partial charge < -0.3 is 19.7 Å². The van der Waals surface area contributed by atoms with Crippen molar-refractivity contribution < 1.29 is 14.3 Å². The van der Waals surface area contributed by atoms with Gasteiger partial charge in [0, 0.05) is 44.3 Å². The summed E-state index contributed by atoms with van der Waals surface area (Å²) < 4.78 is 11.3. The third-order valence-electron chi connectivity index (χ3n) is 6.08. The Kier molecular flexibility index (Phi) is 5.95. The summed E-state index contributed by atoms with van der Waals surface area (Å²) in [5.74, 6) is 0. The summed E-state index contributed by atoms with van der Waals surface area (Å²) in [5.41, 5.74) is 1.28. The van der Waals surface area contributed by atoms with Gasteiger partial charge >= 0.3 is 6.09 Å². The van der Waals surface area contributed by atoms with Crippen LogP contribution in [0, 0.1) is 0 Å². The predicted octanol–water partition coefficient (Wildman–Crippen LogP) is 2.41. The van der Waals surface area contributed by atoms with E-state index in [9.17, 15) is 4.79 Å². The lowest BCUT2D eigenvalue weighted by atomic mass is 10.0. The molecular formula is C21H31N3O3. The van der Waals surface area contributed by atoms with Crippen molar-refractivity contribution in [2.75, 3.05) is 39.4 Å². The highest BCUT2D eigenvalue weighted by Gasteiger charge is 2.38. The first-order valence-corrected chi connectivity index (χ1v) is 10.3. The molecule has 1 aromatic carbocycles. The summed E-state index contributed by atoms with van der Waals surface area (Å²) in [5, 5.41) is 3.84. The van der Waals surface area contributed by atoms with Gasteiger partial charge in [0.05, 0.1) is 19.3 Å². The van der Waals surface area contributed by atoms with E-state index >= 15 is 0 Å². The van der Waals surface area contributed by atoms with Crippen LogP contribution in [0.15, 0.2) is 30.3 Å². The van der Waals surface area contributed by atoms with Crippen LogP contribution in [0.4, 0.5) is 4.79 Å². The van der Waals surface area contributed by atoms with Crippen LogP contribution in [0.5, 0.6) is 0 Å². The number of piperidine rings is 1. The SMILES string of the molecule is CCOC(=O)N1CCC(N[C@H]2C[C@H]3CO[C@@H](c4ccccc4)CN3C2)CC1. The molecule has 0 saturated carbocycles. The third-order valence-corrected chi connectivity index (χ3v) is 6.08. The van der Waals surface area contributed by atoms with E-state index in [1.165, 1.54) is 5.56 Å². The van der Waals surface area contributed by atoms with Gasteiger partial charge in [-0.05, 0) is 31.7 Å². The van der Waals surface area contributed by atoms with Crippen molar-refractivity contribution in [2.24, 2.45) is 0 Å². The minimum atomic E-state index is -0.168. The number of amides is 1. The van der Waals surface area contributed by atoms with Crippen molar-refractivity contribution in [2.45, 2.75) is 50.4 Å². The number of nitrogens with one attached hydrogen (secondary N) is 1. The van der Waals surface area contributed by atoms with Gasteiger partial charge in [-0.25, -0.2) is 4.79 Å². The van der Waals surface area contributed by atoms with Crippen molar-refractivity contribution in [1.82, 2.24) is 15.1 Å². The highest BCUT2D eigenvalue weighted by atomic mass is 16.6. The minimum absolute atomic E-state index is 0.168. The summed E-state index contributed by atoms with van der Waals surface area (Å²) in [4.78, 5) is 16.3.